The fourth-order valence-corrected chi connectivity index (χ4v) is 4.96. The van der Waals surface area contributed by atoms with Gasteiger partial charge in [-0.25, -0.2) is 0 Å². The van der Waals surface area contributed by atoms with Crippen LogP contribution in [0.4, 0.5) is 11.4 Å². The first-order chi connectivity index (χ1) is 17.3. The van der Waals surface area contributed by atoms with Crippen molar-refractivity contribution < 1.29 is 14.3 Å². The molecule has 1 aliphatic heterocycles. The number of carbonyl (C=O) groups is 2. The lowest BCUT2D eigenvalue weighted by Crippen LogP contribution is -2.39. The normalized spacial score (nSPS) is 15.4. The second-order valence-electron chi connectivity index (χ2n) is 8.47. The molecule has 0 radical (unpaired) electrons. The summed E-state index contributed by atoms with van der Waals surface area (Å²) in [7, 11) is 1.58. The Morgan fingerprint density at radius 2 is 1.75 bits per heavy atom. The molecule has 3 aromatic carbocycles. The minimum absolute atomic E-state index is 0.0539. The largest absolute Gasteiger partial charge is 0.497 e. The fourth-order valence-electron chi connectivity index (χ4n) is 4.05. The third kappa shape index (κ3) is 5.81. The molecule has 0 unspecified atom stereocenters. The summed E-state index contributed by atoms with van der Waals surface area (Å²) in [5, 5.41) is 4.31. The van der Waals surface area contributed by atoms with E-state index in [9.17, 15) is 9.59 Å². The first kappa shape index (κ1) is 25.9. The van der Waals surface area contributed by atoms with Crippen molar-refractivity contribution in [1.29, 1.82) is 0 Å². The molecule has 0 bridgehead atoms. The fraction of sp³-hybridized carbons (Fsp3) is 0.222. The van der Waals surface area contributed by atoms with Gasteiger partial charge >= 0.3 is 0 Å². The van der Waals surface area contributed by atoms with E-state index in [0.717, 1.165) is 11.1 Å². The Hall–Kier alpha value is -3.13. The van der Waals surface area contributed by atoms with E-state index >= 15 is 0 Å². The van der Waals surface area contributed by atoms with Crippen LogP contribution in [0.2, 0.25) is 10.0 Å². The third-order valence-corrected chi connectivity index (χ3v) is 7.00. The summed E-state index contributed by atoms with van der Waals surface area (Å²) in [4.78, 5) is 29.8. The summed E-state index contributed by atoms with van der Waals surface area (Å²) in [5.41, 5.74) is 3.24. The molecule has 1 fully saturated rings. The van der Waals surface area contributed by atoms with Gasteiger partial charge in [-0.15, -0.1) is 0 Å². The predicted octanol–water partition coefficient (Wildman–Crippen LogP) is 5.88. The van der Waals surface area contributed by atoms with Crippen molar-refractivity contribution in [2.24, 2.45) is 0 Å². The number of rotatable bonds is 8. The number of carbonyl (C=O) groups excluding carboxylic acids is 2. The number of amides is 2. The van der Waals surface area contributed by atoms with E-state index in [-0.39, 0.29) is 18.2 Å². The minimum atomic E-state index is -0.747. The molecule has 3 aromatic rings. The summed E-state index contributed by atoms with van der Waals surface area (Å²) in [6, 6.07) is 19.1. The van der Waals surface area contributed by atoms with Crippen molar-refractivity contribution in [3.63, 3.8) is 0 Å². The van der Waals surface area contributed by atoms with Crippen molar-refractivity contribution in [1.82, 2.24) is 4.90 Å². The second-order valence-corrected chi connectivity index (χ2v) is 9.68. The van der Waals surface area contributed by atoms with E-state index in [0.29, 0.717) is 45.2 Å². The van der Waals surface area contributed by atoms with Crippen LogP contribution in [0, 0.1) is 6.92 Å². The Morgan fingerprint density at radius 1 is 1.06 bits per heavy atom. The highest BCUT2D eigenvalue weighted by molar-refractivity contribution is 7.80. The number of hydrogen-bond donors (Lipinski definition) is 1. The summed E-state index contributed by atoms with van der Waals surface area (Å²) in [6.45, 7) is 2.39. The van der Waals surface area contributed by atoms with Crippen molar-refractivity contribution in [2.75, 3.05) is 23.9 Å². The summed E-state index contributed by atoms with van der Waals surface area (Å²) in [6.07, 6.45) is 0.476. The first-order valence-corrected chi connectivity index (χ1v) is 12.5. The molecule has 0 saturated carbocycles. The number of hydrogen-bond acceptors (Lipinski definition) is 4. The van der Waals surface area contributed by atoms with Crippen molar-refractivity contribution in [2.45, 2.75) is 25.8 Å². The molecule has 1 aliphatic rings. The smallest absolute Gasteiger partial charge is 0.256 e. The van der Waals surface area contributed by atoms with Gasteiger partial charge in [0.25, 0.3) is 5.91 Å². The van der Waals surface area contributed by atoms with Gasteiger partial charge in [0.2, 0.25) is 5.91 Å². The lowest BCUT2D eigenvalue weighted by molar-refractivity contribution is -0.124. The monoisotopic (exact) mass is 541 g/mol. The highest BCUT2D eigenvalue weighted by Gasteiger charge is 2.43. The van der Waals surface area contributed by atoms with Gasteiger partial charge in [0.1, 0.15) is 11.8 Å². The van der Waals surface area contributed by atoms with Gasteiger partial charge in [-0.1, -0.05) is 47.0 Å². The lowest BCUT2D eigenvalue weighted by Gasteiger charge is -2.24. The molecule has 1 atom stereocenters. The molecule has 4 rings (SSSR count). The molecule has 0 aromatic heterocycles. The molecule has 6 nitrogen and oxygen atoms in total. The minimum Gasteiger partial charge on any atom is -0.497 e. The average molecular weight is 542 g/mol. The molecule has 186 valence electrons. The van der Waals surface area contributed by atoms with Gasteiger partial charge in [-0.2, -0.15) is 0 Å². The molecule has 1 saturated heterocycles. The summed E-state index contributed by atoms with van der Waals surface area (Å²) in [5.74, 6) is 0.155. The van der Waals surface area contributed by atoms with Gasteiger partial charge in [-0.3, -0.25) is 14.5 Å². The zero-order chi connectivity index (χ0) is 25.8. The van der Waals surface area contributed by atoms with Crippen molar-refractivity contribution in [3.05, 3.63) is 87.9 Å². The highest BCUT2D eigenvalue weighted by atomic mass is 35.5. The van der Waals surface area contributed by atoms with Crippen LogP contribution in [0.1, 0.15) is 17.5 Å². The SMILES string of the molecule is COc1ccc(NC(=O)C[C@H]2C(=O)N(c3ccc(C)cc3)C(=S)N2CCc2ccc(Cl)cc2Cl)cc1. The number of ether oxygens (including phenoxy) is 1. The maximum Gasteiger partial charge on any atom is 0.256 e. The number of methoxy groups -OCH3 is 1. The van der Waals surface area contributed by atoms with E-state index in [1.165, 1.54) is 4.90 Å². The van der Waals surface area contributed by atoms with Gasteiger partial charge in [0.05, 0.1) is 19.2 Å². The van der Waals surface area contributed by atoms with Crippen LogP contribution in [0.15, 0.2) is 66.7 Å². The van der Waals surface area contributed by atoms with E-state index in [1.807, 2.05) is 37.3 Å². The molecule has 1 heterocycles. The lowest BCUT2D eigenvalue weighted by atomic mass is 10.1. The Labute approximate surface area is 225 Å². The zero-order valence-corrected chi connectivity index (χ0v) is 22.2. The average Bonchev–Trinajstić information content (AvgIpc) is 3.08. The number of aryl methyl sites for hydroxylation is 1. The third-order valence-electron chi connectivity index (χ3n) is 6.00. The Kier molecular flexibility index (Phi) is 8.14. The van der Waals surface area contributed by atoms with E-state index in [1.54, 1.807) is 48.4 Å². The van der Waals surface area contributed by atoms with Crippen LogP contribution in [-0.2, 0) is 16.0 Å². The van der Waals surface area contributed by atoms with Gasteiger partial charge in [0.15, 0.2) is 5.11 Å². The topological polar surface area (TPSA) is 61.9 Å². The maximum atomic E-state index is 13.6. The molecule has 9 heteroatoms. The zero-order valence-electron chi connectivity index (χ0n) is 19.8. The Balaban J connectivity index is 1.55. The Bertz CT molecular complexity index is 1280. The van der Waals surface area contributed by atoms with E-state index in [4.69, 9.17) is 40.2 Å². The van der Waals surface area contributed by atoms with Crippen LogP contribution in [0.25, 0.3) is 0 Å². The van der Waals surface area contributed by atoms with Crippen molar-refractivity contribution in [3.8, 4) is 5.75 Å². The standard InChI is InChI=1S/C27H25Cl2N3O3S/c1-17-3-9-21(10-4-17)32-26(34)24(16-25(33)30-20-7-11-22(35-2)12-8-20)31(27(32)36)14-13-18-5-6-19(28)15-23(18)29/h3-12,15,24H,13-14,16H2,1-2H3,(H,30,33)/t24-/m0/s1. The van der Waals surface area contributed by atoms with E-state index < -0.39 is 6.04 Å². The highest BCUT2D eigenvalue weighted by Crippen LogP contribution is 2.29. The second kappa shape index (κ2) is 11.3. The van der Waals surface area contributed by atoms with Crippen LogP contribution in [0.5, 0.6) is 5.75 Å². The molecule has 1 N–H and O–H groups in total. The van der Waals surface area contributed by atoms with Crippen LogP contribution in [-0.4, -0.2) is 41.5 Å². The maximum absolute atomic E-state index is 13.6. The number of thiocarbonyl (C=S) groups is 1. The molecule has 36 heavy (non-hydrogen) atoms. The summed E-state index contributed by atoms with van der Waals surface area (Å²) < 4.78 is 5.16. The predicted molar refractivity (Wildman–Crippen MR) is 148 cm³/mol. The van der Waals surface area contributed by atoms with Gasteiger partial charge < -0.3 is 15.0 Å². The van der Waals surface area contributed by atoms with Crippen molar-refractivity contribution >= 4 is 63.7 Å². The molecule has 2 amide bonds. The quantitative estimate of drug-likeness (QED) is 0.360. The number of nitrogens with one attached hydrogen (secondary N) is 1. The van der Waals surface area contributed by atoms with E-state index in [2.05, 4.69) is 5.32 Å². The molecule has 0 spiro atoms. The molecule has 0 aliphatic carbocycles. The van der Waals surface area contributed by atoms with Gasteiger partial charge in [0, 0.05) is 22.3 Å². The number of halogens is 2. The molecular weight excluding hydrogens is 517 g/mol. The van der Waals surface area contributed by atoms with Crippen LogP contribution in [0.3, 0.4) is 0 Å². The number of anilines is 2. The van der Waals surface area contributed by atoms with Gasteiger partial charge in [-0.05, 0) is 79.7 Å². The summed E-state index contributed by atoms with van der Waals surface area (Å²) >= 11 is 18.1. The van der Waals surface area contributed by atoms with Crippen LogP contribution < -0.4 is 15.0 Å². The molecular formula is C27H25Cl2N3O3S. The first-order valence-electron chi connectivity index (χ1n) is 11.4. The van der Waals surface area contributed by atoms with Crippen LogP contribution >= 0.6 is 35.4 Å². The number of benzene rings is 3. The Morgan fingerprint density at radius 3 is 2.39 bits per heavy atom. The number of nitrogens with zero attached hydrogens (tertiary/aromatic N) is 2.